The van der Waals surface area contributed by atoms with Crippen molar-refractivity contribution in [2.24, 2.45) is 17.1 Å². The van der Waals surface area contributed by atoms with Crippen molar-refractivity contribution in [1.29, 1.82) is 0 Å². The monoisotopic (exact) mass is 239 g/mol. The Kier molecular flexibility index (Phi) is 2.41. The van der Waals surface area contributed by atoms with E-state index < -0.39 is 0 Å². The lowest BCUT2D eigenvalue weighted by atomic mass is 9.63. The quantitative estimate of drug-likeness (QED) is 0.679. The van der Waals surface area contributed by atoms with Crippen molar-refractivity contribution in [2.75, 3.05) is 0 Å². The number of hydrogen-bond donors (Lipinski definition) is 1. The molecule has 18 heavy (non-hydrogen) atoms. The lowest BCUT2D eigenvalue weighted by molar-refractivity contribution is 0.299. The Balaban J connectivity index is 2.08. The van der Waals surface area contributed by atoms with Crippen molar-refractivity contribution < 1.29 is 0 Å². The predicted octanol–water partition coefficient (Wildman–Crippen LogP) is 4.02. The molecule has 0 radical (unpaired) electrons. The van der Waals surface area contributed by atoms with Crippen molar-refractivity contribution in [3.05, 3.63) is 58.4 Å². The molecule has 0 aromatic carbocycles. The molecule has 94 valence electrons. The molecule has 0 aromatic heterocycles. The molecule has 0 aliphatic heterocycles. The second-order valence-electron chi connectivity index (χ2n) is 6.21. The summed E-state index contributed by atoms with van der Waals surface area (Å²) in [4.78, 5) is 0. The largest absolute Gasteiger partial charge is 0.402 e. The molecule has 2 N–H and O–H groups in total. The van der Waals surface area contributed by atoms with Crippen LogP contribution in [0.3, 0.4) is 0 Å². The van der Waals surface area contributed by atoms with Gasteiger partial charge in [-0.1, -0.05) is 43.7 Å². The summed E-state index contributed by atoms with van der Waals surface area (Å²) in [7, 11) is 0. The average Bonchev–Trinajstić information content (AvgIpc) is 2.39. The van der Waals surface area contributed by atoms with E-state index in [1.165, 1.54) is 22.3 Å². The highest BCUT2D eigenvalue weighted by atomic mass is 14.6. The molecule has 4 rings (SSSR count). The molecular weight excluding hydrogens is 218 g/mol. The SMILES string of the molecule is CC1=C2C=C1/C=C\CC1=CC=C(N)CC1C2(C)C. The lowest BCUT2D eigenvalue weighted by Crippen LogP contribution is -2.32. The van der Waals surface area contributed by atoms with Gasteiger partial charge in [0.2, 0.25) is 0 Å². The van der Waals surface area contributed by atoms with Gasteiger partial charge in [-0.15, -0.1) is 0 Å². The molecule has 1 nitrogen and oxygen atoms in total. The van der Waals surface area contributed by atoms with Gasteiger partial charge in [0.15, 0.2) is 0 Å². The minimum Gasteiger partial charge on any atom is -0.402 e. The Morgan fingerprint density at radius 2 is 2.06 bits per heavy atom. The molecule has 4 aliphatic carbocycles. The molecule has 4 aliphatic rings. The Labute approximate surface area is 109 Å². The van der Waals surface area contributed by atoms with E-state index in [0.29, 0.717) is 5.92 Å². The number of nitrogens with two attached hydrogens (primary N) is 1. The Hall–Kier alpha value is -1.50. The van der Waals surface area contributed by atoms with Crippen LogP contribution in [-0.4, -0.2) is 0 Å². The van der Waals surface area contributed by atoms with E-state index in [4.69, 9.17) is 5.73 Å². The Morgan fingerprint density at radius 3 is 2.78 bits per heavy atom. The molecule has 1 atom stereocenters. The highest BCUT2D eigenvalue weighted by Gasteiger charge is 2.39. The number of fused-ring (bicyclic) bond motifs is 1. The van der Waals surface area contributed by atoms with Gasteiger partial charge in [0.1, 0.15) is 0 Å². The summed E-state index contributed by atoms with van der Waals surface area (Å²) in [6, 6.07) is 0. The van der Waals surface area contributed by atoms with Crippen molar-refractivity contribution in [2.45, 2.75) is 33.6 Å². The molecule has 0 saturated heterocycles. The van der Waals surface area contributed by atoms with Gasteiger partial charge in [0, 0.05) is 5.70 Å². The van der Waals surface area contributed by atoms with Gasteiger partial charge in [-0.3, -0.25) is 0 Å². The van der Waals surface area contributed by atoms with E-state index in [-0.39, 0.29) is 5.41 Å². The molecule has 0 amide bonds. The second kappa shape index (κ2) is 3.74. The maximum atomic E-state index is 6.05. The van der Waals surface area contributed by atoms with Crippen LogP contribution in [0.25, 0.3) is 0 Å². The minimum atomic E-state index is 0.185. The van der Waals surface area contributed by atoms with Crippen LogP contribution in [0.5, 0.6) is 0 Å². The fraction of sp³-hybridized carbons (Fsp3) is 0.412. The fourth-order valence-electron chi connectivity index (χ4n) is 3.50. The first-order valence-corrected chi connectivity index (χ1v) is 6.75. The molecule has 0 heterocycles. The summed E-state index contributed by atoms with van der Waals surface area (Å²) < 4.78 is 0. The first kappa shape index (κ1) is 11.6. The smallest absolute Gasteiger partial charge is 0.00868 e. The van der Waals surface area contributed by atoms with Gasteiger partial charge in [-0.05, 0) is 53.9 Å². The zero-order valence-electron chi connectivity index (χ0n) is 11.5. The summed E-state index contributed by atoms with van der Waals surface area (Å²) in [5.74, 6) is 0.535. The van der Waals surface area contributed by atoms with Gasteiger partial charge >= 0.3 is 0 Å². The molecule has 1 heteroatoms. The molecular formula is C17H21N. The molecule has 0 fully saturated rings. The zero-order valence-corrected chi connectivity index (χ0v) is 11.5. The van der Waals surface area contributed by atoms with E-state index in [1.54, 1.807) is 0 Å². The lowest BCUT2D eigenvalue weighted by Gasteiger charge is -2.42. The third-order valence-corrected chi connectivity index (χ3v) is 4.75. The third kappa shape index (κ3) is 1.53. The number of hydrogen-bond acceptors (Lipinski definition) is 1. The number of allylic oxidation sites excluding steroid dienone is 10. The molecule has 2 bridgehead atoms. The van der Waals surface area contributed by atoms with Crippen molar-refractivity contribution in [1.82, 2.24) is 0 Å². The topological polar surface area (TPSA) is 26.0 Å². The predicted molar refractivity (Wildman–Crippen MR) is 76.8 cm³/mol. The summed E-state index contributed by atoms with van der Waals surface area (Å²) in [5, 5.41) is 0. The summed E-state index contributed by atoms with van der Waals surface area (Å²) >= 11 is 0. The van der Waals surface area contributed by atoms with Gasteiger partial charge in [0.25, 0.3) is 0 Å². The van der Waals surface area contributed by atoms with Gasteiger partial charge in [-0.25, -0.2) is 0 Å². The molecule has 0 saturated carbocycles. The van der Waals surface area contributed by atoms with Crippen LogP contribution in [-0.2, 0) is 0 Å². The minimum absolute atomic E-state index is 0.185. The second-order valence-corrected chi connectivity index (χ2v) is 6.21. The van der Waals surface area contributed by atoms with E-state index >= 15 is 0 Å². The van der Waals surface area contributed by atoms with Crippen LogP contribution in [0.2, 0.25) is 0 Å². The summed E-state index contributed by atoms with van der Waals surface area (Å²) in [6.45, 7) is 6.97. The van der Waals surface area contributed by atoms with E-state index in [1.807, 2.05) is 0 Å². The molecule has 0 spiro atoms. The summed E-state index contributed by atoms with van der Waals surface area (Å²) in [6.07, 6.45) is 13.3. The third-order valence-electron chi connectivity index (χ3n) is 4.75. The number of rotatable bonds is 0. The average molecular weight is 239 g/mol. The van der Waals surface area contributed by atoms with E-state index in [0.717, 1.165) is 18.5 Å². The first-order valence-electron chi connectivity index (χ1n) is 6.75. The fourth-order valence-corrected chi connectivity index (χ4v) is 3.50. The van der Waals surface area contributed by atoms with Crippen LogP contribution >= 0.6 is 0 Å². The van der Waals surface area contributed by atoms with Crippen molar-refractivity contribution >= 4 is 0 Å². The van der Waals surface area contributed by atoms with Gasteiger partial charge < -0.3 is 5.73 Å². The Bertz CT molecular complexity index is 550. The van der Waals surface area contributed by atoms with Crippen LogP contribution in [0, 0.1) is 11.3 Å². The Morgan fingerprint density at radius 1 is 1.28 bits per heavy atom. The van der Waals surface area contributed by atoms with Gasteiger partial charge in [0.05, 0.1) is 0 Å². The highest BCUT2D eigenvalue weighted by Crippen LogP contribution is 2.51. The summed E-state index contributed by atoms with van der Waals surface area (Å²) in [5.41, 5.74) is 13.1. The molecule has 0 aromatic rings. The normalized spacial score (nSPS) is 30.8. The van der Waals surface area contributed by atoms with Crippen molar-refractivity contribution in [3.63, 3.8) is 0 Å². The maximum Gasteiger partial charge on any atom is 0.00868 e. The maximum absolute atomic E-state index is 6.05. The van der Waals surface area contributed by atoms with E-state index in [2.05, 4.69) is 51.2 Å². The standard InChI is InChI=1S/C17H21N/c1-11-13-6-4-5-12-7-8-14(18)10-16(12)17(2,3)15(11)9-13/h4,6-9,16H,5,10,18H2,1-3H3/b6-4-. The van der Waals surface area contributed by atoms with Crippen molar-refractivity contribution in [3.8, 4) is 0 Å². The van der Waals surface area contributed by atoms with Crippen LogP contribution < -0.4 is 5.73 Å². The first-order chi connectivity index (χ1) is 8.50. The zero-order chi connectivity index (χ0) is 12.9. The van der Waals surface area contributed by atoms with Crippen LogP contribution in [0.1, 0.15) is 33.6 Å². The van der Waals surface area contributed by atoms with Crippen LogP contribution in [0.4, 0.5) is 0 Å². The highest BCUT2D eigenvalue weighted by molar-refractivity contribution is 5.60. The van der Waals surface area contributed by atoms with Crippen LogP contribution in [0.15, 0.2) is 58.4 Å². The molecule has 1 unspecified atom stereocenters. The van der Waals surface area contributed by atoms with Gasteiger partial charge in [-0.2, -0.15) is 0 Å². The van der Waals surface area contributed by atoms with E-state index in [9.17, 15) is 0 Å².